The van der Waals surface area contributed by atoms with Crippen molar-refractivity contribution in [3.8, 4) is 0 Å². The van der Waals surface area contributed by atoms with Gasteiger partial charge in [-0.1, -0.05) is 59.6 Å². The quantitative estimate of drug-likeness (QED) is 0.324. The van der Waals surface area contributed by atoms with Gasteiger partial charge in [-0.05, 0) is 53.1 Å². The Labute approximate surface area is 218 Å². The minimum absolute atomic E-state index is 0.0665. The second-order valence-corrected chi connectivity index (χ2v) is 10.9. The molecule has 8 heteroatoms. The van der Waals surface area contributed by atoms with Crippen molar-refractivity contribution >= 4 is 58.5 Å². The van der Waals surface area contributed by atoms with Crippen molar-refractivity contribution in [1.82, 2.24) is 10.2 Å². The molecule has 0 bridgehead atoms. The Kier molecular flexibility index (Phi) is 8.84. The van der Waals surface area contributed by atoms with E-state index in [1.54, 1.807) is 23.5 Å². The van der Waals surface area contributed by atoms with E-state index < -0.39 is 0 Å². The highest BCUT2D eigenvalue weighted by molar-refractivity contribution is 8.00. The molecule has 0 radical (unpaired) electrons. The van der Waals surface area contributed by atoms with Gasteiger partial charge in [-0.25, -0.2) is 0 Å². The van der Waals surface area contributed by atoms with E-state index in [1.165, 1.54) is 5.56 Å². The number of nitrogens with one attached hydrogen (secondary N) is 1. The van der Waals surface area contributed by atoms with Crippen LogP contribution in [0.4, 0.5) is 0 Å². The number of hydrogen-bond acceptors (Lipinski definition) is 4. The number of amides is 2. The van der Waals surface area contributed by atoms with Crippen molar-refractivity contribution in [2.24, 2.45) is 0 Å². The highest BCUT2D eigenvalue weighted by Crippen LogP contribution is 2.39. The van der Waals surface area contributed by atoms with Crippen LogP contribution in [0.2, 0.25) is 10.0 Å². The summed E-state index contributed by atoms with van der Waals surface area (Å²) in [7, 11) is 0. The Morgan fingerprint density at radius 2 is 1.76 bits per heavy atom. The highest BCUT2D eigenvalue weighted by Gasteiger charge is 2.32. The molecular weight excluding hydrogens is 507 g/mol. The zero-order valence-corrected chi connectivity index (χ0v) is 21.5. The molecule has 0 saturated carbocycles. The van der Waals surface area contributed by atoms with Crippen LogP contribution in [-0.4, -0.2) is 34.8 Å². The van der Waals surface area contributed by atoms with Crippen molar-refractivity contribution in [3.05, 3.63) is 105 Å². The number of rotatable bonds is 9. The normalized spacial score (nSPS) is 15.5. The molecule has 1 aliphatic heterocycles. The fourth-order valence-corrected chi connectivity index (χ4v) is 5.98. The van der Waals surface area contributed by atoms with Crippen LogP contribution in [-0.2, 0) is 17.1 Å². The van der Waals surface area contributed by atoms with Gasteiger partial charge < -0.3 is 10.2 Å². The van der Waals surface area contributed by atoms with Gasteiger partial charge in [0.15, 0.2) is 0 Å². The van der Waals surface area contributed by atoms with Crippen LogP contribution < -0.4 is 5.32 Å². The monoisotopic (exact) mass is 530 g/mol. The van der Waals surface area contributed by atoms with Gasteiger partial charge in [0.1, 0.15) is 5.37 Å². The van der Waals surface area contributed by atoms with Gasteiger partial charge in [0, 0.05) is 40.2 Å². The number of hydrogen-bond donors (Lipinski definition) is 1. The topological polar surface area (TPSA) is 49.4 Å². The summed E-state index contributed by atoms with van der Waals surface area (Å²) in [6.45, 7) is 1.12. The van der Waals surface area contributed by atoms with Crippen molar-refractivity contribution in [1.29, 1.82) is 0 Å². The van der Waals surface area contributed by atoms with Crippen molar-refractivity contribution in [2.75, 3.05) is 18.1 Å². The molecule has 0 unspecified atom stereocenters. The Balaban J connectivity index is 1.28. The van der Waals surface area contributed by atoms with Crippen LogP contribution in [0.3, 0.4) is 0 Å². The molecule has 0 spiro atoms. The average Bonchev–Trinajstić information content (AvgIpc) is 3.20. The van der Waals surface area contributed by atoms with E-state index in [-0.39, 0.29) is 17.2 Å². The Bertz CT molecular complexity index is 1140. The maximum absolute atomic E-state index is 12.5. The van der Waals surface area contributed by atoms with E-state index in [9.17, 15) is 9.59 Å². The summed E-state index contributed by atoms with van der Waals surface area (Å²) < 4.78 is 0. The van der Waals surface area contributed by atoms with Gasteiger partial charge in [-0.15, -0.1) is 11.8 Å². The molecule has 1 N–H and O–H groups in total. The average molecular weight is 532 g/mol. The zero-order chi connectivity index (χ0) is 23.9. The van der Waals surface area contributed by atoms with Crippen LogP contribution >= 0.6 is 46.7 Å². The second kappa shape index (κ2) is 12.0. The van der Waals surface area contributed by atoms with Gasteiger partial charge in [0.25, 0.3) is 5.91 Å². The summed E-state index contributed by atoms with van der Waals surface area (Å²) in [5.41, 5.74) is 3.84. The van der Waals surface area contributed by atoms with Crippen LogP contribution in [0.25, 0.3) is 0 Å². The number of nitrogens with zero attached hydrogens (tertiary/aromatic N) is 1. The Hall–Kier alpha value is -2.12. The summed E-state index contributed by atoms with van der Waals surface area (Å²) in [6, 6.07) is 22.9. The lowest BCUT2D eigenvalue weighted by molar-refractivity contribution is -0.128. The molecule has 4 nitrogen and oxygen atoms in total. The van der Waals surface area contributed by atoms with E-state index in [4.69, 9.17) is 23.2 Å². The van der Waals surface area contributed by atoms with Crippen LogP contribution in [0, 0.1) is 0 Å². The maximum Gasteiger partial charge on any atom is 0.251 e. The van der Waals surface area contributed by atoms with Gasteiger partial charge >= 0.3 is 0 Å². The van der Waals surface area contributed by atoms with Gasteiger partial charge in [0.05, 0.1) is 5.75 Å². The Morgan fingerprint density at radius 1 is 1.00 bits per heavy atom. The largest absolute Gasteiger partial charge is 0.351 e. The lowest BCUT2D eigenvalue weighted by Crippen LogP contribution is -2.28. The smallest absolute Gasteiger partial charge is 0.251 e. The number of carbonyl (C=O) groups is 2. The first-order valence-electron chi connectivity index (χ1n) is 10.9. The molecule has 0 aromatic heterocycles. The first kappa shape index (κ1) is 25.0. The predicted octanol–water partition coefficient (Wildman–Crippen LogP) is 6.43. The number of halogens is 2. The lowest BCUT2D eigenvalue weighted by Gasteiger charge is -2.24. The molecule has 4 rings (SSSR count). The molecule has 0 aliphatic carbocycles. The standard InChI is InChI=1S/C26H24Cl2N2O2S2/c27-22-10-4-18(5-11-22)15-30-24(31)17-34-26(30)21-8-6-20(7-9-21)25(32)29-12-13-33-16-19-2-1-3-23(28)14-19/h1-11,14,26H,12-13,15-17H2,(H,29,32)/t26-/m0/s1. The fraction of sp³-hybridized carbons (Fsp3) is 0.231. The molecule has 1 saturated heterocycles. The van der Waals surface area contributed by atoms with Gasteiger partial charge in [0.2, 0.25) is 5.91 Å². The Morgan fingerprint density at radius 3 is 2.50 bits per heavy atom. The molecule has 1 aliphatic rings. The summed E-state index contributed by atoms with van der Waals surface area (Å²) >= 11 is 15.3. The summed E-state index contributed by atoms with van der Waals surface area (Å²) in [4.78, 5) is 26.9. The van der Waals surface area contributed by atoms with E-state index in [1.807, 2.05) is 77.7 Å². The molecule has 2 amide bonds. The maximum atomic E-state index is 12.5. The first-order valence-corrected chi connectivity index (χ1v) is 13.8. The summed E-state index contributed by atoms with van der Waals surface area (Å²) in [6.07, 6.45) is 0. The van der Waals surface area contributed by atoms with Crippen LogP contribution in [0.15, 0.2) is 72.8 Å². The molecule has 176 valence electrons. The van der Waals surface area contributed by atoms with E-state index in [2.05, 4.69) is 5.32 Å². The molecule has 1 fully saturated rings. The predicted molar refractivity (Wildman–Crippen MR) is 144 cm³/mol. The van der Waals surface area contributed by atoms with Gasteiger partial charge in [-0.3, -0.25) is 9.59 Å². The molecular formula is C26H24Cl2N2O2S2. The van der Waals surface area contributed by atoms with E-state index in [0.29, 0.717) is 29.4 Å². The van der Waals surface area contributed by atoms with E-state index in [0.717, 1.165) is 27.7 Å². The minimum atomic E-state index is -0.0944. The van der Waals surface area contributed by atoms with Gasteiger partial charge in [-0.2, -0.15) is 11.8 Å². The minimum Gasteiger partial charge on any atom is -0.351 e. The molecule has 3 aromatic rings. The summed E-state index contributed by atoms with van der Waals surface area (Å²) in [5.74, 6) is 2.14. The number of carbonyl (C=O) groups excluding carboxylic acids is 2. The third kappa shape index (κ3) is 6.72. The number of benzene rings is 3. The SMILES string of the molecule is O=C(NCCSCc1cccc(Cl)c1)c1ccc([C@@H]2SCC(=O)N2Cc2ccc(Cl)cc2)cc1. The van der Waals surface area contributed by atoms with Crippen LogP contribution in [0.5, 0.6) is 0 Å². The van der Waals surface area contributed by atoms with Crippen molar-refractivity contribution in [3.63, 3.8) is 0 Å². The molecule has 34 heavy (non-hydrogen) atoms. The van der Waals surface area contributed by atoms with E-state index >= 15 is 0 Å². The molecule has 3 aromatic carbocycles. The second-order valence-electron chi connectivity index (χ2n) is 7.87. The van der Waals surface area contributed by atoms with Crippen molar-refractivity contribution < 1.29 is 9.59 Å². The van der Waals surface area contributed by atoms with Crippen LogP contribution in [0.1, 0.15) is 32.4 Å². The zero-order valence-electron chi connectivity index (χ0n) is 18.4. The molecule has 1 atom stereocenters. The van der Waals surface area contributed by atoms with Crippen molar-refractivity contribution in [2.45, 2.75) is 17.7 Å². The lowest BCUT2D eigenvalue weighted by atomic mass is 10.1. The third-order valence-corrected chi connectivity index (χ3v) is 8.16. The highest BCUT2D eigenvalue weighted by atomic mass is 35.5. The third-order valence-electron chi connectivity index (χ3n) is 5.38. The number of thioether (sulfide) groups is 2. The first-order chi connectivity index (χ1) is 16.5. The summed E-state index contributed by atoms with van der Waals surface area (Å²) in [5, 5.41) is 4.32. The molecule has 1 heterocycles. The fourth-order valence-electron chi connectivity index (χ4n) is 3.64.